The van der Waals surface area contributed by atoms with Crippen molar-refractivity contribution in [1.82, 2.24) is 14.8 Å². The molecule has 0 unspecified atom stereocenters. The van der Waals surface area contributed by atoms with Crippen molar-refractivity contribution in [3.63, 3.8) is 0 Å². The van der Waals surface area contributed by atoms with Gasteiger partial charge in [0.15, 0.2) is 0 Å². The second-order valence-electron chi connectivity index (χ2n) is 7.39. The molecule has 0 fully saturated rings. The van der Waals surface area contributed by atoms with Crippen LogP contribution in [0.5, 0.6) is 0 Å². The van der Waals surface area contributed by atoms with Gasteiger partial charge in [-0.3, -0.25) is 10.1 Å². The van der Waals surface area contributed by atoms with Gasteiger partial charge in [-0.05, 0) is 54.6 Å². The first-order valence-electron chi connectivity index (χ1n) is 10.2. The molecule has 0 N–H and O–H groups in total. The van der Waals surface area contributed by atoms with Crippen molar-refractivity contribution in [2.45, 2.75) is 0 Å². The second-order valence-corrected chi connectivity index (χ2v) is 7.83. The Morgan fingerprint density at radius 1 is 0.909 bits per heavy atom. The molecule has 0 aliphatic rings. The van der Waals surface area contributed by atoms with Crippen molar-refractivity contribution >= 4 is 40.3 Å². The minimum atomic E-state index is -0.394. The van der Waals surface area contributed by atoms with Crippen LogP contribution in [0, 0.1) is 10.1 Å². The Balaban J connectivity index is 1.57. The minimum Gasteiger partial charge on any atom is -0.258 e. The molecule has 6 nitrogen and oxygen atoms in total. The molecule has 3 aromatic carbocycles. The summed E-state index contributed by atoms with van der Waals surface area (Å²) in [7, 11) is 0. The van der Waals surface area contributed by atoms with Gasteiger partial charge in [-0.15, -0.1) is 0 Å². The number of rotatable bonds is 5. The fourth-order valence-corrected chi connectivity index (χ4v) is 3.85. The predicted molar refractivity (Wildman–Crippen MR) is 131 cm³/mol. The van der Waals surface area contributed by atoms with Gasteiger partial charge in [-0.2, -0.15) is 5.10 Å². The second kappa shape index (κ2) is 8.68. The lowest BCUT2D eigenvalue weighted by molar-refractivity contribution is -0.383. The van der Waals surface area contributed by atoms with Gasteiger partial charge in [0.1, 0.15) is 0 Å². The van der Waals surface area contributed by atoms with E-state index in [1.807, 2.05) is 77.6 Å². The first-order valence-corrected chi connectivity index (χ1v) is 10.6. The van der Waals surface area contributed by atoms with Gasteiger partial charge in [0.2, 0.25) is 0 Å². The maximum atomic E-state index is 11.3. The lowest BCUT2D eigenvalue weighted by atomic mass is 10.1. The van der Waals surface area contributed by atoms with E-state index in [1.165, 1.54) is 6.07 Å². The Labute approximate surface area is 194 Å². The molecular weight excluding hydrogens is 436 g/mol. The number of para-hydroxylation sites is 1. The van der Waals surface area contributed by atoms with E-state index in [0.717, 1.165) is 22.5 Å². The highest BCUT2D eigenvalue weighted by Crippen LogP contribution is 2.28. The number of halogens is 1. The van der Waals surface area contributed by atoms with Gasteiger partial charge in [0.05, 0.1) is 32.9 Å². The summed E-state index contributed by atoms with van der Waals surface area (Å²) in [6.45, 7) is 0. The van der Waals surface area contributed by atoms with E-state index in [9.17, 15) is 10.1 Å². The van der Waals surface area contributed by atoms with Crippen LogP contribution in [0.15, 0.2) is 91.1 Å². The van der Waals surface area contributed by atoms with Gasteiger partial charge < -0.3 is 0 Å². The van der Waals surface area contributed by atoms with Crippen LogP contribution in [0.2, 0.25) is 5.02 Å². The van der Waals surface area contributed by atoms with Crippen LogP contribution in [0.25, 0.3) is 40.0 Å². The topological polar surface area (TPSA) is 73.8 Å². The third kappa shape index (κ3) is 4.24. The Hall–Kier alpha value is -4.29. The average Bonchev–Trinajstić information content (AvgIpc) is 3.27. The fourth-order valence-electron chi connectivity index (χ4n) is 3.66. The maximum Gasteiger partial charge on any atom is 0.278 e. The number of hydrogen-bond acceptors (Lipinski definition) is 4. The molecule has 0 aliphatic carbocycles. The number of aromatic nitrogens is 3. The highest BCUT2D eigenvalue weighted by molar-refractivity contribution is 6.30. The first kappa shape index (κ1) is 20.6. The number of nitro benzene ring substituents is 1. The van der Waals surface area contributed by atoms with Gasteiger partial charge in [-0.25, -0.2) is 9.67 Å². The normalized spacial score (nSPS) is 11.3. The molecule has 7 heteroatoms. The Bertz CT molecular complexity index is 1510. The molecule has 0 radical (unpaired) electrons. The lowest BCUT2D eigenvalue weighted by Gasteiger charge is -2.01. The largest absolute Gasteiger partial charge is 0.278 e. The van der Waals surface area contributed by atoms with Gasteiger partial charge in [0, 0.05) is 28.4 Å². The zero-order valence-electron chi connectivity index (χ0n) is 17.3. The highest BCUT2D eigenvalue weighted by atomic mass is 35.5. The molecule has 0 saturated heterocycles. The molecule has 5 aromatic rings. The van der Waals surface area contributed by atoms with Crippen LogP contribution in [0.3, 0.4) is 0 Å². The smallest absolute Gasteiger partial charge is 0.258 e. The maximum absolute atomic E-state index is 11.3. The molecule has 0 saturated carbocycles. The molecule has 5 rings (SSSR count). The van der Waals surface area contributed by atoms with Crippen LogP contribution in [-0.2, 0) is 0 Å². The van der Waals surface area contributed by atoms with Crippen molar-refractivity contribution in [2.75, 3.05) is 0 Å². The van der Waals surface area contributed by atoms with Crippen molar-refractivity contribution in [2.24, 2.45) is 0 Å². The average molecular weight is 453 g/mol. The standard InChI is InChI=1S/C26H17ClN4O2/c27-20-7-4-6-18(16-20)26-19(17-30(29-26)22-8-2-1-3-9-22)12-13-21-14-15-23-24(28-21)10-5-11-25(23)31(32)33/h1-17H. The molecule has 2 heterocycles. The van der Waals surface area contributed by atoms with Gasteiger partial charge in [-0.1, -0.05) is 48.0 Å². The van der Waals surface area contributed by atoms with Crippen molar-refractivity contribution < 1.29 is 4.92 Å². The van der Waals surface area contributed by atoms with Crippen molar-refractivity contribution in [3.05, 3.63) is 118 Å². The molecule has 0 bridgehead atoms. The molecule has 160 valence electrons. The van der Waals surface area contributed by atoms with Crippen LogP contribution < -0.4 is 0 Å². The molecule has 0 spiro atoms. The number of pyridine rings is 1. The summed E-state index contributed by atoms with van der Waals surface area (Å²) >= 11 is 6.22. The van der Waals surface area contributed by atoms with E-state index >= 15 is 0 Å². The summed E-state index contributed by atoms with van der Waals surface area (Å²) in [5.41, 5.74) is 4.82. The summed E-state index contributed by atoms with van der Waals surface area (Å²) in [5.74, 6) is 0. The lowest BCUT2D eigenvalue weighted by Crippen LogP contribution is -1.93. The predicted octanol–water partition coefficient (Wildman–Crippen LogP) is 6.82. The number of nitrogens with zero attached hydrogens (tertiary/aromatic N) is 4. The van der Waals surface area contributed by atoms with E-state index in [4.69, 9.17) is 16.7 Å². The zero-order valence-corrected chi connectivity index (χ0v) is 18.1. The summed E-state index contributed by atoms with van der Waals surface area (Å²) in [5, 5.41) is 17.2. The third-order valence-corrected chi connectivity index (χ3v) is 5.46. The molecule has 2 aromatic heterocycles. The van der Waals surface area contributed by atoms with E-state index in [-0.39, 0.29) is 5.69 Å². The quantitative estimate of drug-likeness (QED) is 0.216. The Kier molecular flexibility index (Phi) is 5.42. The minimum absolute atomic E-state index is 0.0444. The fraction of sp³-hybridized carbons (Fsp3) is 0. The number of fused-ring (bicyclic) bond motifs is 1. The van der Waals surface area contributed by atoms with E-state index in [2.05, 4.69) is 4.98 Å². The Morgan fingerprint density at radius 3 is 2.52 bits per heavy atom. The van der Waals surface area contributed by atoms with Gasteiger partial charge in [0.25, 0.3) is 5.69 Å². The molecular formula is C26H17ClN4O2. The van der Waals surface area contributed by atoms with Gasteiger partial charge >= 0.3 is 0 Å². The molecule has 0 aliphatic heterocycles. The molecule has 33 heavy (non-hydrogen) atoms. The van der Waals surface area contributed by atoms with Crippen molar-refractivity contribution in [3.8, 4) is 16.9 Å². The van der Waals surface area contributed by atoms with Crippen molar-refractivity contribution in [1.29, 1.82) is 0 Å². The number of nitro groups is 1. The summed E-state index contributed by atoms with van der Waals surface area (Å²) < 4.78 is 1.83. The number of hydrogen-bond donors (Lipinski definition) is 0. The van der Waals surface area contributed by atoms with Crippen LogP contribution in [0.4, 0.5) is 5.69 Å². The molecule has 0 amide bonds. The first-order chi connectivity index (χ1) is 16.1. The summed E-state index contributed by atoms with van der Waals surface area (Å²) in [6, 6.07) is 25.8. The van der Waals surface area contributed by atoms with E-state index in [0.29, 0.717) is 21.6 Å². The summed E-state index contributed by atoms with van der Waals surface area (Å²) in [6.07, 6.45) is 5.76. The van der Waals surface area contributed by atoms with Crippen LogP contribution >= 0.6 is 11.6 Å². The highest BCUT2D eigenvalue weighted by Gasteiger charge is 2.13. The van der Waals surface area contributed by atoms with E-state index in [1.54, 1.807) is 24.3 Å². The SMILES string of the molecule is O=[N+]([O-])c1cccc2nc(C=Cc3cn(-c4ccccc4)nc3-c3cccc(Cl)c3)ccc12. The zero-order chi connectivity index (χ0) is 22.8. The Morgan fingerprint density at radius 2 is 1.73 bits per heavy atom. The number of non-ortho nitro benzene ring substituents is 1. The monoisotopic (exact) mass is 452 g/mol. The van der Waals surface area contributed by atoms with Crippen LogP contribution in [-0.4, -0.2) is 19.7 Å². The number of benzene rings is 3. The van der Waals surface area contributed by atoms with E-state index < -0.39 is 4.92 Å². The third-order valence-electron chi connectivity index (χ3n) is 5.22. The molecule has 0 atom stereocenters. The summed E-state index contributed by atoms with van der Waals surface area (Å²) in [4.78, 5) is 15.5. The van der Waals surface area contributed by atoms with Crippen LogP contribution in [0.1, 0.15) is 11.3 Å².